The Bertz CT molecular complexity index is 4850. The summed E-state index contributed by atoms with van der Waals surface area (Å²) in [6.45, 7) is 5.27. The molecule has 15 aromatic carbocycles. The molecule has 0 heterocycles. The fourth-order valence-corrected chi connectivity index (χ4v) is 14.2. The van der Waals surface area contributed by atoms with Gasteiger partial charge in [-0.2, -0.15) is 0 Å². The lowest BCUT2D eigenvalue weighted by Gasteiger charge is -2.35. The van der Waals surface area contributed by atoms with Gasteiger partial charge in [0, 0.05) is 22.3 Å². The summed E-state index contributed by atoms with van der Waals surface area (Å²) in [5.74, 6) is 16.4. The lowest BCUT2D eigenvalue weighted by molar-refractivity contribution is 0.233. The van der Waals surface area contributed by atoms with Crippen molar-refractivity contribution in [2.24, 2.45) is 5.92 Å². The van der Waals surface area contributed by atoms with Crippen LogP contribution in [-0.4, -0.2) is 6.61 Å². The standard InChI is InChI=1S/C79H54O/c1-3-5-9-49(4-2)48-80-64-38-36-63(37-39-64)79(70-45-35-62-31-28-56-12-8-15-59-34-44-69(70)78(62)75(56)59)71-46-50(16-20-52-22-24-60-29-26-54-10-6-13-57-32-42-65(52)76(60)73(54)57)18-40-67(71)68-41-19-51(47-72(68)79)17-21-53-23-25-61-30-27-55-11-7-14-58-33-43-66(53)77(61)74(55)58/h6-8,10-15,18-19,22-47,49H,3-5,9,48H2,1-2H3. The summed E-state index contributed by atoms with van der Waals surface area (Å²) in [4.78, 5) is 0. The monoisotopic (exact) mass is 1020 g/mol. The first-order chi connectivity index (χ1) is 39.5. The normalized spacial score (nSPS) is 13.2. The van der Waals surface area contributed by atoms with E-state index in [-0.39, 0.29) is 0 Å². The SMILES string of the molecule is CCCCC(CC)COc1ccc(C2(c3ccc4ccc5cccc6ccc3c4c56)c3cc(C#Cc4ccc5ccc6cccc7ccc4c5c67)ccc3-c3ccc(C#Cc4ccc5ccc6cccc7ccc4c5c67)cc32)cc1. The van der Waals surface area contributed by atoms with Crippen LogP contribution in [0.5, 0.6) is 5.75 Å². The van der Waals surface area contributed by atoms with E-state index < -0.39 is 5.41 Å². The maximum Gasteiger partial charge on any atom is 0.119 e. The Morgan fingerprint density at radius 1 is 0.375 bits per heavy atom. The molecule has 0 aromatic heterocycles. The van der Waals surface area contributed by atoms with E-state index in [2.05, 4.69) is 262 Å². The van der Waals surface area contributed by atoms with Crippen LogP contribution < -0.4 is 4.74 Å². The second kappa shape index (κ2) is 18.2. The van der Waals surface area contributed by atoms with E-state index in [1.54, 1.807) is 0 Å². The molecule has 0 spiro atoms. The van der Waals surface area contributed by atoms with Crippen molar-refractivity contribution in [2.75, 3.05) is 6.61 Å². The Hall–Kier alpha value is -9.66. The molecule has 0 saturated carbocycles. The van der Waals surface area contributed by atoms with Gasteiger partial charge in [0.1, 0.15) is 5.75 Å². The molecule has 0 radical (unpaired) electrons. The molecule has 1 atom stereocenters. The highest BCUT2D eigenvalue weighted by Gasteiger charge is 2.47. The van der Waals surface area contributed by atoms with Crippen molar-refractivity contribution < 1.29 is 4.74 Å². The van der Waals surface area contributed by atoms with Gasteiger partial charge in [0.05, 0.1) is 12.0 Å². The molecular formula is C79H54O. The predicted octanol–water partition coefficient (Wildman–Crippen LogP) is 20.1. The van der Waals surface area contributed by atoms with E-state index in [1.165, 1.54) is 150 Å². The third-order valence-corrected chi connectivity index (χ3v) is 18.1. The Balaban J connectivity index is 0.924. The molecule has 0 amide bonds. The van der Waals surface area contributed by atoms with Gasteiger partial charge in [0.15, 0.2) is 0 Å². The van der Waals surface area contributed by atoms with Crippen molar-refractivity contribution in [3.05, 3.63) is 269 Å². The van der Waals surface area contributed by atoms with Gasteiger partial charge in [-0.1, -0.05) is 233 Å². The Labute approximate surface area is 466 Å². The largest absolute Gasteiger partial charge is 0.493 e. The maximum absolute atomic E-state index is 6.68. The third kappa shape index (κ3) is 7.00. The van der Waals surface area contributed by atoms with Crippen molar-refractivity contribution in [1.29, 1.82) is 0 Å². The first kappa shape index (κ1) is 46.4. The topological polar surface area (TPSA) is 9.23 Å². The molecule has 15 aromatic rings. The molecule has 1 nitrogen and oxygen atoms in total. The van der Waals surface area contributed by atoms with Gasteiger partial charge in [-0.25, -0.2) is 0 Å². The average Bonchev–Trinajstić information content (AvgIpc) is 3.89. The number of fused-ring (bicyclic) bond motifs is 3. The molecule has 1 aliphatic carbocycles. The minimum absolute atomic E-state index is 0.522. The second-order valence-electron chi connectivity index (χ2n) is 22.4. The zero-order valence-electron chi connectivity index (χ0n) is 44.9. The summed E-state index contributed by atoms with van der Waals surface area (Å²) in [6, 6.07) is 83.8. The number of unbranched alkanes of at least 4 members (excludes halogenated alkanes) is 1. The second-order valence-corrected chi connectivity index (χ2v) is 22.4. The molecule has 0 aliphatic heterocycles. The number of rotatable bonds is 9. The van der Waals surface area contributed by atoms with Crippen LogP contribution in [0.3, 0.4) is 0 Å². The zero-order valence-corrected chi connectivity index (χ0v) is 44.9. The van der Waals surface area contributed by atoms with Gasteiger partial charge < -0.3 is 4.74 Å². The van der Waals surface area contributed by atoms with E-state index in [4.69, 9.17) is 4.74 Å². The minimum Gasteiger partial charge on any atom is -0.493 e. The summed E-state index contributed by atoms with van der Waals surface area (Å²) < 4.78 is 6.68. The third-order valence-electron chi connectivity index (χ3n) is 18.1. The van der Waals surface area contributed by atoms with Crippen molar-refractivity contribution >= 4 is 97.0 Å². The van der Waals surface area contributed by atoms with E-state index >= 15 is 0 Å². The quantitative estimate of drug-likeness (QED) is 0.103. The molecule has 1 heteroatoms. The molecule has 0 N–H and O–H groups in total. The van der Waals surface area contributed by atoms with Gasteiger partial charge in [-0.15, -0.1) is 0 Å². The van der Waals surface area contributed by atoms with Crippen LogP contribution in [0.15, 0.2) is 224 Å². The summed E-state index contributed by atoms with van der Waals surface area (Å²) in [5, 5.41) is 22.6. The van der Waals surface area contributed by atoms with Crippen LogP contribution in [0, 0.1) is 29.6 Å². The molecule has 80 heavy (non-hydrogen) atoms. The van der Waals surface area contributed by atoms with Crippen LogP contribution in [0.4, 0.5) is 0 Å². The summed E-state index contributed by atoms with van der Waals surface area (Å²) in [7, 11) is 0. The highest BCUT2D eigenvalue weighted by Crippen LogP contribution is 2.58. The molecule has 1 unspecified atom stereocenters. The summed E-state index contributed by atoms with van der Waals surface area (Å²) >= 11 is 0. The van der Waals surface area contributed by atoms with Crippen LogP contribution in [0.25, 0.3) is 108 Å². The summed E-state index contributed by atoms with van der Waals surface area (Å²) in [6.07, 6.45) is 4.70. The van der Waals surface area contributed by atoms with Crippen molar-refractivity contribution in [2.45, 2.75) is 44.9 Å². The first-order valence-electron chi connectivity index (χ1n) is 28.6. The average molecular weight is 1020 g/mol. The number of hydrogen-bond donors (Lipinski definition) is 0. The van der Waals surface area contributed by atoms with Gasteiger partial charge in [0.2, 0.25) is 0 Å². The van der Waals surface area contributed by atoms with E-state index in [9.17, 15) is 0 Å². The molecule has 0 fully saturated rings. The first-order valence-corrected chi connectivity index (χ1v) is 28.6. The Morgan fingerprint density at radius 3 is 1.25 bits per heavy atom. The van der Waals surface area contributed by atoms with Crippen molar-refractivity contribution in [3.63, 3.8) is 0 Å². The highest BCUT2D eigenvalue weighted by atomic mass is 16.5. The molecule has 1 aliphatic rings. The predicted molar refractivity (Wildman–Crippen MR) is 339 cm³/mol. The molecular weight excluding hydrogens is 965 g/mol. The smallest absolute Gasteiger partial charge is 0.119 e. The van der Waals surface area contributed by atoms with E-state index in [0.717, 1.165) is 34.4 Å². The van der Waals surface area contributed by atoms with Crippen LogP contribution >= 0.6 is 0 Å². The summed E-state index contributed by atoms with van der Waals surface area (Å²) in [5.41, 5.74) is 10.4. The maximum atomic E-state index is 6.68. The van der Waals surface area contributed by atoms with Gasteiger partial charge in [-0.05, 0) is 191 Å². The molecule has 16 rings (SSSR count). The van der Waals surface area contributed by atoms with Crippen molar-refractivity contribution in [1.82, 2.24) is 0 Å². The molecule has 376 valence electrons. The van der Waals surface area contributed by atoms with Gasteiger partial charge in [0.25, 0.3) is 0 Å². The van der Waals surface area contributed by atoms with Crippen LogP contribution in [0.2, 0.25) is 0 Å². The molecule has 0 saturated heterocycles. The van der Waals surface area contributed by atoms with Gasteiger partial charge >= 0.3 is 0 Å². The Kier molecular flexibility index (Phi) is 10.6. The van der Waals surface area contributed by atoms with E-state index in [0.29, 0.717) is 12.5 Å². The lowest BCUT2D eigenvalue weighted by Crippen LogP contribution is -2.29. The van der Waals surface area contributed by atoms with Gasteiger partial charge in [-0.3, -0.25) is 0 Å². The Morgan fingerprint density at radius 2 is 0.787 bits per heavy atom. The minimum atomic E-state index is -0.784. The zero-order chi connectivity index (χ0) is 53.1. The van der Waals surface area contributed by atoms with Crippen LogP contribution in [0.1, 0.15) is 84.0 Å². The number of hydrogen-bond acceptors (Lipinski definition) is 1. The molecule has 0 bridgehead atoms. The fourth-order valence-electron chi connectivity index (χ4n) is 14.2. The highest BCUT2D eigenvalue weighted by molar-refractivity contribution is 6.26. The van der Waals surface area contributed by atoms with Crippen molar-refractivity contribution in [3.8, 4) is 40.6 Å². The fraction of sp³-hybridized carbons (Fsp3) is 0.114. The number of ether oxygens (including phenoxy) is 1. The lowest BCUT2D eigenvalue weighted by atomic mass is 9.66. The number of benzene rings is 15. The van der Waals surface area contributed by atoms with Crippen LogP contribution in [-0.2, 0) is 5.41 Å². The van der Waals surface area contributed by atoms with E-state index in [1.807, 2.05) is 0 Å².